The van der Waals surface area contributed by atoms with Crippen LogP contribution in [0.2, 0.25) is 0 Å². The third-order valence-electron chi connectivity index (χ3n) is 2.03. The van der Waals surface area contributed by atoms with E-state index in [1.54, 1.807) is 6.07 Å². The lowest BCUT2D eigenvalue weighted by atomic mass is 10.2. The van der Waals surface area contributed by atoms with Crippen molar-refractivity contribution in [3.63, 3.8) is 0 Å². The molecule has 0 aromatic heterocycles. The number of carboxylic acid groups (broad SMARTS) is 1. The average Bonchev–Trinajstić information content (AvgIpc) is 2.24. The maximum Gasteiger partial charge on any atom is 0.573 e. The van der Waals surface area contributed by atoms with Gasteiger partial charge in [-0.1, -0.05) is 18.2 Å². The van der Waals surface area contributed by atoms with Crippen LogP contribution in [0.15, 0.2) is 24.3 Å². The summed E-state index contributed by atoms with van der Waals surface area (Å²) in [5.41, 5.74) is 0.320. The van der Waals surface area contributed by atoms with Crippen molar-refractivity contribution in [2.24, 2.45) is 0 Å². The Morgan fingerprint density at radius 2 is 2.00 bits per heavy atom. The van der Waals surface area contributed by atoms with Crippen LogP contribution < -0.4 is 10.1 Å². The Balaban J connectivity index is 2.56. The molecule has 4 nitrogen and oxygen atoms in total. The number of carbonyl (C=O) groups is 1. The molecule has 1 aromatic carbocycles. The molecule has 0 unspecified atom stereocenters. The summed E-state index contributed by atoms with van der Waals surface area (Å²) in [4.78, 5) is 10.3. The second-order valence-electron chi connectivity index (χ2n) is 3.48. The van der Waals surface area contributed by atoms with Gasteiger partial charge in [-0.25, -0.2) is 0 Å². The maximum atomic E-state index is 12.1. The van der Waals surface area contributed by atoms with E-state index in [1.807, 2.05) is 0 Å². The second kappa shape index (κ2) is 6.25. The van der Waals surface area contributed by atoms with E-state index in [4.69, 9.17) is 5.11 Å². The summed E-state index contributed by atoms with van der Waals surface area (Å²) in [5, 5.41) is 11.1. The van der Waals surface area contributed by atoms with Crippen LogP contribution in [0.25, 0.3) is 0 Å². The second-order valence-corrected chi connectivity index (χ2v) is 3.48. The lowest BCUT2D eigenvalue weighted by Gasteiger charge is -2.13. The number of rotatable bonds is 6. The number of hydrogen-bond donors (Lipinski definition) is 2. The first-order valence-corrected chi connectivity index (χ1v) is 5.14. The molecular formula is C11H12F3NO3. The number of alkyl halides is 3. The lowest BCUT2D eigenvalue weighted by Crippen LogP contribution is -2.21. The first kappa shape index (κ1) is 14.3. The van der Waals surface area contributed by atoms with E-state index < -0.39 is 12.3 Å². The van der Waals surface area contributed by atoms with Crippen LogP contribution in [0, 0.1) is 0 Å². The molecule has 0 radical (unpaired) electrons. The summed E-state index contributed by atoms with van der Waals surface area (Å²) in [5.74, 6) is -1.25. The molecule has 0 amide bonds. The first-order valence-electron chi connectivity index (χ1n) is 5.14. The van der Waals surface area contributed by atoms with Crippen LogP contribution in [0.3, 0.4) is 0 Å². The monoisotopic (exact) mass is 263 g/mol. The summed E-state index contributed by atoms with van der Waals surface area (Å²) >= 11 is 0. The molecule has 100 valence electrons. The van der Waals surface area contributed by atoms with Gasteiger partial charge in [-0.3, -0.25) is 4.79 Å². The molecule has 7 heteroatoms. The maximum absolute atomic E-state index is 12.1. The molecule has 1 aromatic rings. The van der Waals surface area contributed by atoms with Gasteiger partial charge in [0, 0.05) is 18.7 Å². The van der Waals surface area contributed by atoms with Crippen molar-refractivity contribution in [3.8, 4) is 5.75 Å². The van der Waals surface area contributed by atoms with Gasteiger partial charge in [-0.05, 0) is 6.07 Å². The predicted octanol–water partition coefficient (Wildman–Crippen LogP) is 2.15. The molecular weight excluding hydrogens is 251 g/mol. The van der Waals surface area contributed by atoms with E-state index in [9.17, 15) is 18.0 Å². The average molecular weight is 263 g/mol. The highest BCUT2D eigenvalue weighted by atomic mass is 19.4. The van der Waals surface area contributed by atoms with E-state index >= 15 is 0 Å². The molecule has 0 heterocycles. The Kier molecular flexibility index (Phi) is 4.96. The molecule has 2 N–H and O–H groups in total. The number of carboxylic acids is 1. The zero-order valence-electron chi connectivity index (χ0n) is 9.33. The number of ether oxygens (including phenoxy) is 1. The van der Waals surface area contributed by atoms with Crippen molar-refractivity contribution in [2.75, 3.05) is 6.54 Å². The zero-order chi connectivity index (χ0) is 13.6. The minimum absolute atomic E-state index is 0.0949. The highest BCUT2D eigenvalue weighted by molar-refractivity contribution is 5.66. The number of halogens is 3. The topological polar surface area (TPSA) is 58.6 Å². The van der Waals surface area contributed by atoms with Gasteiger partial charge in [-0.15, -0.1) is 13.2 Å². The summed E-state index contributed by atoms with van der Waals surface area (Å²) < 4.78 is 40.1. The highest BCUT2D eigenvalue weighted by Gasteiger charge is 2.31. The fourth-order valence-electron chi connectivity index (χ4n) is 1.29. The van der Waals surface area contributed by atoms with E-state index in [-0.39, 0.29) is 25.3 Å². The summed E-state index contributed by atoms with van der Waals surface area (Å²) in [7, 11) is 0. The molecule has 0 aliphatic carbocycles. The Bertz CT molecular complexity index is 407. The predicted molar refractivity (Wildman–Crippen MR) is 57.1 cm³/mol. The minimum atomic E-state index is -4.74. The van der Waals surface area contributed by atoms with Crippen LogP contribution in [0.4, 0.5) is 13.2 Å². The summed E-state index contributed by atoms with van der Waals surface area (Å²) in [6.45, 7) is 0.287. The molecule has 0 saturated carbocycles. The van der Waals surface area contributed by atoms with Crippen molar-refractivity contribution < 1.29 is 27.8 Å². The highest BCUT2D eigenvalue weighted by Crippen LogP contribution is 2.25. The van der Waals surface area contributed by atoms with Gasteiger partial charge in [-0.2, -0.15) is 0 Å². The zero-order valence-corrected chi connectivity index (χ0v) is 9.33. The minimum Gasteiger partial charge on any atom is -0.481 e. The van der Waals surface area contributed by atoms with E-state index in [2.05, 4.69) is 10.1 Å². The third-order valence-corrected chi connectivity index (χ3v) is 2.03. The van der Waals surface area contributed by atoms with Crippen LogP contribution in [0.1, 0.15) is 12.0 Å². The van der Waals surface area contributed by atoms with E-state index in [1.165, 1.54) is 18.2 Å². The van der Waals surface area contributed by atoms with Gasteiger partial charge in [0.1, 0.15) is 5.75 Å². The van der Waals surface area contributed by atoms with Crippen molar-refractivity contribution in [1.82, 2.24) is 5.32 Å². The molecule has 0 bridgehead atoms. The van der Waals surface area contributed by atoms with Crippen molar-refractivity contribution in [3.05, 3.63) is 29.8 Å². The largest absolute Gasteiger partial charge is 0.573 e. The van der Waals surface area contributed by atoms with Crippen molar-refractivity contribution in [2.45, 2.75) is 19.3 Å². The Morgan fingerprint density at radius 1 is 1.33 bits per heavy atom. The normalized spacial score (nSPS) is 11.3. The molecule has 1 rings (SSSR count). The molecule has 0 saturated heterocycles. The van der Waals surface area contributed by atoms with Crippen LogP contribution >= 0.6 is 0 Å². The SMILES string of the molecule is O=C(O)CCNCc1ccccc1OC(F)(F)F. The number of para-hydroxylation sites is 1. The number of benzene rings is 1. The Labute approximate surface area is 101 Å². The van der Waals surface area contributed by atoms with E-state index in [0.717, 1.165) is 0 Å². The van der Waals surface area contributed by atoms with Gasteiger partial charge in [0.05, 0.1) is 6.42 Å². The van der Waals surface area contributed by atoms with Crippen LogP contribution in [-0.2, 0) is 11.3 Å². The third kappa shape index (κ3) is 5.53. The molecule has 0 atom stereocenters. The van der Waals surface area contributed by atoms with Crippen LogP contribution in [0.5, 0.6) is 5.75 Å². The Hall–Kier alpha value is -1.76. The van der Waals surface area contributed by atoms with Gasteiger partial charge in [0.15, 0.2) is 0 Å². The molecule has 0 fully saturated rings. The summed E-state index contributed by atoms with van der Waals surface area (Å²) in [6, 6.07) is 5.70. The number of hydrogen-bond acceptors (Lipinski definition) is 3. The first-order chi connectivity index (χ1) is 8.38. The van der Waals surface area contributed by atoms with Crippen molar-refractivity contribution >= 4 is 5.97 Å². The molecule has 0 aliphatic rings. The quantitative estimate of drug-likeness (QED) is 0.772. The standard InChI is InChI=1S/C11H12F3NO3/c12-11(13,14)18-9-4-2-1-3-8(9)7-15-6-5-10(16)17/h1-4,15H,5-7H2,(H,16,17). The fourth-order valence-corrected chi connectivity index (χ4v) is 1.29. The molecule has 18 heavy (non-hydrogen) atoms. The van der Waals surface area contributed by atoms with Gasteiger partial charge in [0.2, 0.25) is 0 Å². The van der Waals surface area contributed by atoms with Gasteiger partial charge < -0.3 is 15.2 Å². The molecule has 0 spiro atoms. The smallest absolute Gasteiger partial charge is 0.481 e. The number of aliphatic carboxylic acids is 1. The molecule has 0 aliphatic heterocycles. The van der Waals surface area contributed by atoms with Gasteiger partial charge >= 0.3 is 12.3 Å². The van der Waals surface area contributed by atoms with Gasteiger partial charge in [0.25, 0.3) is 0 Å². The summed E-state index contributed by atoms with van der Waals surface area (Å²) in [6.07, 6.45) is -4.83. The van der Waals surface area contributed by atoms with E-state index in [0.29, 0.717) is 5.56 Å². The Morgan fingerprint density at radius 3 is 2.61 bits per heavy atom. The van der Waals surface area contributed by atoms with Crippen molar-refractivity contribution in [1.29, 1.82) is 0 Å². The lowest BCUT2D eigenvalue weighted by molar-refractivity contribution is -0.274. The number of nitrogens with one attached hydrogen (secondary N) is 1. The fraction of sp³-hybridized carbons (Fsp3) is 0.364. The van der Waals surface area contributed by atoms with Crippen LogP contribution in [-0.4, -0.2) is 24.0 Å².